The molecule has 2 aliphatic rings. The van der Waals surface area contributed by atoms with Crippen LogP contribution in [0.15, 0.2) is 11.4 Å². The summed E-state index contributed by atoms with van der Waals surface area (Å²) in [5, 5.41) is 2.23. The zero-order valence-electron chi connectivity index (χ0n) is 11.2. The molecule has 3 rings (SSSR count). The Morgan fingerprint density at radius 1 is 1.44 bits per heavy atom. The highest BCUT2D eigenvalue weighted by Gasteiger charge is 2.39. The Balaban J connectivity index is 1.81. The first-order valence-electron chi connectivity index (χ1n) is 6.92. The van der Waals surface area contributed by atoms with Crippen molar-refractivity contribution in [2.45, 2.75) is 31.3 Å². The van der Waals surface area contributed by atoms with E-state index in [2.05, 4.69) is 28.3 Å². The lowest BCUT2D eigenvalue weighted by Gasteiger charge is -2.49. The second kappa shape index (κ2) is 4.93. The van der Waals surface area contributed by atoms with Gasteiger partial charge in [0.1, 0.15) is 0 Å². The molecule has 100 valence electrons. The summed E-state index contributed by atoms with van der Waals surface area (Å²) in [7, 11) is 2.23. The third-order valence-electron chi connectivity index (χ3n) is 4.60. The first-order chi connectivity index (χ1) is 8.73. The molecule has 2 aliphatic heterocycles. The molecule has 1 atom stereocenters. The standard InChI is InChI=1S/C14H23N3S/c1-16-6-2-5-14(10-15,11-16)17-7-3-13-12(9-17)4-8-18-13/h4,8H,2-3,5-7,9-11,15H2,1H3. The number of thiophene rings is 1. The van der Waals surface area contributed by atoms with E-state index in [1.807, 2.05) is 11.3 Å². The van der Waals surface area contributed by atoms with E-state index >= 15 is 0 Å². The molecule has 0 aliphatic carbocycles. The highest BCUT2D eigenvalue weighted by atomic mass is 32.1. The van der Waals surface area contributed by atoms with Crippen LogP contribution < -0.4 is 5.73 Å². The summed E-state index contributed by atoms with van der Waals surface area (Å²) in [6.45, 7) is 5.42. The number of nitrogens with two attached hydrogens (primary N) is 1. The number of piperidine rings is 1. The third kappa shape index (κ3) is 2.11. The fourth-order valence-corrected chi connectivity index (χ4v) is 4.44. The molecule has 1 aromatic rings. The molecule has 1 aromatic heterocycles. The van der Waals surface area contributed by atoms with Gasteiger partial charge in [0.15, 0.2) is 0 Å². The number of nitrogens with zero attached hydrogens (tertiary/aromatic N) is 2. The lowest BCUT2D eigenvalue weighted by Crippen LogP contribution is -2.62. The first kappa shape index (κ1) is 12.6. The van der Waals surface area contributed by atoms with Gasteiger partial charge in [0, 0.05) is 36.6 Å². The van der Waals surface area contributed by atoms with Gasteiger partial charge in [-0.05, 0) is 49.9 Å². The average molecular weight is 265 g/mol. The summed E-state index contributed by atoms with van der Waals surface area (Å²) in [4.78, 5) is 6.68. The van der Waals surface area contributed by atoms with Crippen molar-refractivity contribution in [2.24, 2.45) is 5.73 Å². The number of rotatable bonds is 2. The zero-order chi connectivity index (χ0) is 12.6. The molecule has 0 radical (unpaired) electrons. The first-order valence-corrected chi connectivity index (χ1v) is 7.80. The van der Waals surface area contributed by atoms with Crippen LogP contribution in [0.5, 0.6) is 0 Å². The minimum absolute atomic E-state index is 0.215. The number of hydrogen-bond acceptors (Lipinski definition) is 4. The molecule has 3 heterocycles. The summed E-state index contributed by atoms with van der Waals surface area (Å²) >= 11 is 1.91. The molecular formula is C14H23N3S. The maximum Gasteiger partial charge on any atom is 0.0462 e. The fraction of sp³-hybridized carbons (Fsp3) is 0.714. The highest BCUT2D eigenvalue weighted by Crippen LogP contribution is 2.33. The normalized spacial score (nSPS) is 30.3. The Hall–Kier alpha value is -0.420. The molecule has 1 saturated heterocycles. The molecule has 2 N–H and O–H groups in total. The molecule has 0 aromatic carbocycles. The molecule has 0 bridgehead atoms. The van der Waals surface area contributed by atoms with Crippen LogP contribution in [0.1, 0.15) is 23.3 Å². The van der Waals surface area contributed by atoms with Crippen LogP contribution >= 0.6 is 11.3 Å². The number of hydrogen-bond donors (Lipinski definition) is 1. The summed E-state index contributed by atoms with van der Waals surface area (Å²) in [6, 6.07) is 2.29. The lowest BCUT2D eigenvalue weighted by atomic mass is 9.85. The van der Waals surface area contributed by atoms with Crippen LogP contribution in [0.3, 0.4) is 0 Å². The van der Waals surface area contributed by atoms with E-state index in [0.29, 0.717) is 0 Å². The number of fused-ring (bicyclic) bond motifs is 1. The molecule has 3 nitrogen and oxygen atoms in total. The Morgan fingerprint density at radius 3 is 3.11 bits per heavy atom. The largest absolute Gasteiger partial charge is 0.329 e. The average Bonchev–Trinajstić information content (AvgIpc) is 2.85. The van der Waals surface area contributed by atoms with Gasteiger partial charge in [0.05, 0.1) is 0 Å². The SMILES string of the molecule is CN1CCCC(CN)(N2CCc3sccc3C2)C1. The van der Waals surface area contributed by atoms with Crippen molar-refractivity contribution in [1.82, 2.24) is 9.80 Å². The van der Waals surface area contributed by atoms with Crippen molar-refractivity contribution >= 4 is 11.3 Å². The second-order valence-corrected chi connectivity index (χ2v) is 6.81. The van der Waals surface area contributed by atoms with Crippen LogP contribution in [0.25, 0.3) is 0 Å². The van der Waals surface area contributed by atoms with Crippen molar-refractivity contribution in [3.63, 3.8) is 0 Å². The molecule has 1 fully saturated rings. The van der Waals surface area contributed by atoms with Gasteiger partial charge < -0.3 is 10.6 Å². The predicted octanol–water partition coefficient (Wildman–Crippen LogP) is 1.53. The van der Waals surface area contributed by atoms with Crippen LogP contribution in [0.4, 0.5) is 0 Å². The summed E-state index contributed by atoms with van der Waals surface area (Å²) in [5.41, 5.74) is 7.91. The summed E-state index contributed by atoms with van der Waals surface area (Å²) in [6.07, 6.45) is 3.74. The monoisotopic (exact) mass is 265 g/mol. The molecule has 0 amide bonds. The van der Waals surface area contributed by atoms with Crippen molar-refractivity contribution in [2.75, 3.05) is 33.2 Å². The van der Waals surface area contributed by atoms with Gasteiger partial charge in [-0.3, -0.25) is 4.90 Å². The predicted molar refractivity (Wildman–Crippen MR) is 76.9 cm³/mol. The second-order valence-electron chi connectivity index (χ2n) is 5.81. The Bertz CT molecular complexity index is 417. The topological polar surface area (TPSA) is 32.5 Å². The summed E-state index contributed by atoms with van der Waals surface area (Å²) in [5.74, 6) is 0. The van der Waals surface area contributed by atoms with Gasteiger partial charge in [-0.15, -0.1) is 11.3 Å². The highest BCUT2D eigenvalue weighted by molar-refractivity contribution is 7.10. The van der Waals surface area contributed by atoms with Gasteiger partial charge in [-0.2, -0.15) is 0 Å². The van der Waals surface area contributed by atoms with E-state index in [-0.39, 0.29) is 5.54 Å². The molecular weight excluding hydrogens is 242 g/mol. The molecule has 18 heavy (non-hydrogen) atoms. The third-order valence-corrected chi connectivity index (χ3v) is 5.63. The van der Waals surface area contributed by atoms with E-state index in [1.165, 1.54) is 37.9 Å². The molecule has 0 saturated carbocycles. The van der Waals surface area contributed by atoms with Crippen LogP contribution in [0.2, 0.25) is 0 Å². The number of likely N-dealkylation sites (N-methyl/N-ethyl adjacent to an activating group) is 1. The van der Waals surface area contributed by atoms with Crippen LogP contribution in [-0.2, 0) is 13.0 Å². The van der Waals surface area contributed by atoms with Crippen LogP contribution in [-0.4, -0.2) is 48.6 Å². The van der Waals surface area contributed by atoms with Gasteiger partial charge >= 0.3 is 0 Å². The maximum atomic E-state index is 6.16. The summed E-state index contributed by atoms with van der Waals surface area (Å²) < 4.78 is 0. The van der Waals surface area contributed by atoms with E-state index in [4.69, 9.17) is 5.73 Å². The van der Waals surface area contributed by atoms with Crippen molar-refractivity contribution in [1.29, 1.82) is 0 Å². The van der Waals surface area contributed by atoms with Crippen molar-refractivity contribution < 1.29 is 0 Å². The minimum Gasteiger partial charge on any atom is -0.329 e. The zero-order valence-corrected chi connectivity index (χ0v) is 12.0. The van der Waals surface area contributed by atoms with Gasteiger partial charge in [0.25, 0.3) is 0 Å². The Labute approximate surface area is 114 Å². The maximum absolute atomic E-state index is 6.16. The van der Waals surface area contributed by atoms with Gasteiger partial charge in [-0.25, -0.2) is 0 Å². The molecule has 1 unspecified atom stereocenters. The fourth-order valence-electron chi connectivity index (χ4n) is 3.55. The van der Waals surface area contributed by atoms with E-state index in [9.17, 15) is 0 Å². The smallest absolute Gasteiger partial charge is 0.0462 e. The lowest BCUT2D eigenvalue weighted by molar-refractivity contribution is 0.0164. The van der Waals surface area contributed by atoms with Crippen LogP contribution in [0, 0.1) is 0 Å². The van der Waals surface area contributed by atoms with E-state index in [1.54, 1.807) is 4.88 Å². The van der Waals surface area contributed by atoms with Crippen molar-refractivity contribution in [3.8, 4) is 0 Å². The molecule has 4 heteroatoms. The van der Waals surface area contributed by atoms with Crippen molar-refractivity contribution in [3.05, 3.63) is 21.9 Å². The van der Waals surface area contributed by atoms with E-state index < -0.39 is 0 Å². The van der Waals surface area contributed by atoms with E-state index in [0.717, 1.165) is 19.6 Å². The minimum atomic E-state index is 0.215. The van der Waals surface area contributed by atoms with Gasteiger partial charge in [0.2, 0.25) is 0 Å². The Kier molecular flexibility index (Phi) is 3.45. The van der Waals surface area contributed by atoms with Gasteiger partial charge in [-0.1, -0.05) is 0 Å². The quantitative estimate of drug-likeness (QED) is 0.880. The molecule has 0 spiro atoms. The number of likely N-dealkylation sites (tertiary alicyclic amines) is 1. The Morgan fingerprint density at radius 2 is 2.33 bits per heavy atom.